The topological polar surface area (TPSA) is 55.9 Å². The normalized spacial score (nSPS) is 18.3. The van der Waals surface area contributed by atoms with Crippen LogP contribution in [0.1, 0.15) is 50.5 Å². The summed E-state index contributed by atoms with van der Waals surface area (Å²) in [5.41, 5.74) is 3.63. The number of nitrogens with one attached hydrogen (secondary N) is 1. The standard InChI is InChI=1S/C24H38N4O2/c1-20-18-22(8-9-23(20)26(2)12-11-24(30)25-19-29)28-16-14-27(15-17-28)13-10-21-6-4-3-5-7-21/h8-9,18-19,21H,3-7,10-17H2,1-2H3,(H,25,29,30). The van der Waals surface area contributed by atoms with Gasteiger partial charge in [-0.2, -0.15) is 0 Å². The minimum atomic E-state index is -0.243. The lowest BCUT2D eigenvalue weighted by atomic mass is 9.87. The molecule has 6 nitrogen and oxygen atoms in total. The smallest absolute Gasteiger partial charge is 0.228 e. The fourth-order valence-electron chi connectivity index (χ4n) is 4.86. The molecule has 0 unspecified atom stereocenters. The van der Waals surface area contributed by atoms with Gasteiger partial charge >= 0.3 is 0 Å². The van der Waals surface area contributed by atoms with Gasteiger partial charge in [-0.1, -0.05) is 32.1 Å². The van der Waals surface area contributed by atoms with Crippen LogP contribution >= 0.6 is 0 Å². The van der Waals surface area contributed by atoms with Crippen LogP contribution in [0.2, 0.25) is 0 Å². The molecule has 1 aliphatic heterocycles. The van der Waals surface area contributed by atoms with Crippen LogP contribution in [0.4, 0.5) is 11.4 Å². The molecular formula is C24H38N4O2. The highest BCUT2D eigenvalue weighted by Gasteiger charge is 2.20. The van der Waals surface area contributed by atoms with E-state index in [4.69, 9.17) is 0 Å². The fourth-order valence-corrected chi connectivity index (χ4v) is 4.86. The number of imide groups is 1. The summed E-state index contributed by atoms with van der Waals surface area (Å²) in [6, 6.07) is 6.61. The third-order valence-electron chi connectivity index (χ3n) is 6.80. The molecule has 3 rings (SSSR count). The van der Waals surface area contributed by atoms with E-state index in [2.05, 4.69) is 45.1 Å². The average molecular weight is 415 g/mol. The van der Waals surface area contributed by atoms with Crippen molar-refractivity contribution < 1.29 is 9.59 Å². The average Bonchev–Trinajstić information content (AvgIpc) is 2.77. The van der Waals surface area contributed by atoms with Gasteiger partial charge in [0.1, 0.15) is 0 Å². The number of nitrogens with zero attached hydrogens (tertiary/aromatic N) is 3. The zero-order chi connectivity index (χ0) is 21.3. The Hall–Kier alpha value is -2.08. The quantitative estimate of drug-likeness (QED) is 0.629. The first-order chi connectivity index (χ1) is 14.6. The summed E-state index contributed by atoms with van der Waals surface area (Å²) in [7, 11) is 1.99. The van der Waals surface area contributed by atoms with Gasteiger partial charge in [0, 0.05) is 57.6 Å². The molecule has 0 atom stereocenters. The lowest BCUT2D eigenvalue weighted by Gasteiger charge is -2.37. The highest BCUT2D eigenvalue weighted by atomic mass is 16.2. The molecule has 2 amide bonds. The Morgan fingerprint density at radius 2 is 1.90 bits per heavy atom. The molecule has 1 aromatic rings. The van der Waals surface area contributed by atoms with Crippen molar-refractivity contribution in [3.8, 4) is 0 Å². The molecule has 1 heterocycles. The SMILES string of the molecule is Cc1cc(N2CCN(CCC3CCCCC3)CC2)ccc1N(C)CCC(=O)NC=O. The molecule has 0 aromatic heterocycles. The van der Waals surface area contributed by atoms with Gasteiger partial charge in [-0.25, -0.2) is 0 Å². The number of anilines is 2. The lowest BCUT2D eigenvalue weighted by molar-refractivity contribution is -0.125. The molecule has 0 bridgehead atoms. The summed E-state index contributed by atoms with van der Waals surface area (Å²) in [5.74, 6) is 0.723. The van der Waals surface area contributed by atoms with Crippen molar-refractivity contribution >= 4 is 23.7 Å². The van der Waals surface area contributed by atoms with Crippen molar-refractivity contribution in [3.05, 3.63) is 23.8 Å². The van der Waals surface area contributed by atoms with E-state index in [0.29, 0.717) is 19.4 Å². The molecule has 30 heavy (non-hydrogen) atoms. The van der Waals surface area contributed by atoms with E-state index < -0.39 is 0 Å². The predicted octanol–water partition coefficient (Wildman–Crippen LogP) is 3.19. The highest BCUT2D eigenvalue weighted by Crippen LogP contribution is 2.28. The molecule has 1 N–H and O–H groups in total. The number of benzene rings is 1. The van der Waals surface area contributed by atoms with E-state index in [9.17, 15) is 9.59 Å². The van der Waals surface area contributed by atoms with Crippen molar-refractivity contribution in [2.75, 3.05) is 56.1 Å². The molecular weight excluding hydrogens is 376 g/mol. The first kappa shape index (κ1) is 22.6. The van der Waals surface area contributed by atoms with Crippen LogP contribution in [0.5, 0.6) is 0 Å². The number of carbonyl (C=O) groups is 2. The van der Waals surface area contributed by atoms with Crippen molar-refractivity contribution in [2.24, 2.45) is 5.92 Å². The number of piperazine rings is 1. The van der Waals surface area contributed by atoms with Crippen LogP contribution in [-0.4, -0.2) is 63.5 Å². The van der Waals surface area contributed by atoms with Crippen LogP contribution in [0, 0.1) is 12.8 Å². The molecule has 1 saturated heterocycles. The minimum Gasteiger partial charge on any atom is -0.374 e. The summed E-state index contributed by atoms with van der Waals surface area (Å²) in [5, 5.41) is 2.19. The Bertz CT molecular complexity index is 694. The van der Waals surface area contributed by atoms with Gasteiger partial charge in [-0.05, 0) is 49.6 Å². The summed E-state index contributed by atoms with van der Waals surface area (Å²) >= 11 is 0. The first-order valence-electron chi connectivity index (χ1n) is 11.6. The largest absolute Gasteiger partial charge is 0.374 e. The van der Waals surface area contributed by atoms with Crippen LogP contribution in [0.3, 0.4) is 0 Å². The minimum absolute atomic E-state index is 0.243. The van der Waals surface area contributed by atoms with Crippen molar-refractivity contribution in [2.45, 2.75) is 51.9 Å². The van der Waals surface area contributed by atoms with Gasteiger partial charge in [-0.3, -0.25) is 19.8 Å². The summed E-state index contributed by atoms with van der Waals surface area (Å²) in [6.07, 6.45) is 9.34. The molecule has 0 spiro atoms. The number of amides is 2. The van der Waals surface area contributed by atoms with Crippen LogP contribution in [-0.2, 0) is 9.59 Å². The van der Waals surface area contributed by atoms with Crippen LogP contribution in [0.25, 0.3) is 0 Å². The van der Waals surface area contributed by atoms with Crippen LogP contribution in [0.15, 0.2) is 18.2 Å². The van der Waals surface area contributed by atoms with Crippen molar-refractivity contribution in [1.82, 2.24) is 10.2 Å². The van der Waals surface area contributed by atoms with E-state index in [0.717, 1.165) is 37.8 Å². The zero-order valence-corrected chi connectivity index (χ0v) is 18.7. The fraction of sp³-hybridized carbons (Fsp3) is 0.667. The lowest BCUT2D eigenvalue weighted by Crippen LogP contribution is -2.47. The Morgan fingerprint density at radius 3 is 2.57 bits per heavy atom. The molecule has 1 aliphatic carbocycles. The molecule has 2 fully saturated rings. The summed E-state index contributed by atoms with van der Waals surface area (Å²) in [6.45, 7) is 8.45. The van der Waals surface area contributed by atoms with Gasteiger partial charge in [-0.15, -0.1) is 0 Å². The number of hydrogen-bond donors (Lipinski definition) is 1. The molecule has 2 aliphatic rings. The second kappa shape index (κ2) is 11.3. The highest BCUT2D eigenvalue weighted by molar-refractivity contribution is 5.86. The maximum Gasteiger partial charge on any atom is 0.228 e. The van der Waals surface area contributed by atoms with Gasteiger partial charge in [0.05, 0.1) is 0 Å². The van der Waals surface area contributed by atoms with E-state index in [1.165, 1.54) is 56.3 Å². The zero-order valence-electron chi connectivity index (χ0n) is 18.7. The third-order valence-corrected chi connectivity index (χ3v) is 6.80. The van der Waals surface area contributed by atoms with Crippen molar-refractivity contribution in [1.29, 1.82) is 0 Å². The Labute approximate surface area is 181 Å². The van der Waals surface area contributed by atoms with Gasteiger partial charge in [0.2, 0.25) is 12.3 Å². The van der Waals surface area contributed by atoms with E-state index in [1.807, 2.05) is 7.05 Å². The van der Waals surface area contributed by atoms with Gasteiger partial charge in [0.15, 0.2) is 0 Å². The number of aryl methyl sites for hydroxylation is 1. The number of hydrogen-bond acceptors (Lipinski definition) is 5. The summed E-state index contributed by atoms with van der Waals surface area (Å²) < 4.78 is 0. The second-order valence-electron chi connectivity index (χ2n) is 8.95. The predicted molar refractivity (Wildman–Crippen MR) is 123 cm³/mol. The summed E-state index contributed by atoms with van der Waals surface area (Å²) in [4.78, 5) is 29.1. The number of carbonyl (C=O) groups excluding carboxylic acids is 2. The first-order valence-corrected chi connectivity index (χ1v) is 11.6. The maximum atomic E-state index is 11.5. The molecule has 6 heteroatoms. The van der Waals surface area contributed by atoms with Crippen LogP contribution < -0.4 is 15.1 Å². The Kier molecular flexibility index (Phi) is 8.55. The van der Waals surface area contributed by atoms with Gasteiger partial charge < -0.3 is 9.80 Å². The maximum absolute atomic E-state index is 11.5. The monoisotopic (exact) mass is 414 g/mol. The Balaban J connectivity index is 1.45. The molecule has 166 valence electrons. The van der Waals surface area contributed by atoms with E-state index >= 15 is 0 Å². The Morgan fingerprint density at radius 1 is 1.17 bits per heavy atom. The van der Waals surface area contributed by atoms with E-state index in [-0.39, 0.29) is 5.91 Å². The second-order valence-corrected chi connectivity index (χ2v) is 8.95. The van der Waals surface area contributed by atoms with E-state index in [1.54, 1.807) is 0 Å². The molecule has 0 radical (unpaired) electrons. The van der Waals surface area contributed by atoms with Gasteiger partial charge in [0.25, 0.3) is 0 Å². The van der Waals surface area contributed by atoms with Crippen molar-refractivity contribution in [3.63, 3.8) is 0 Å². The third kappa shape index (κ3) is 6.46. The number of rotatable bonds is 9. The molecule has 1 aromatic carbocycles. The molecule has 1 saturated carbocycles.